The predicted molar refractivity (Wildman–Crippen MR) is 75.5 cm³/mol. The molecule has 0 aromatic carbocycles. The summed E-state index contributed by atoms with van der Waals surface area (Å²) in [4.78, 5) is 2.49. The SMILES string of the molecule is C=C(CNCC)CN(CCOC)C(CC)CC. The van der Waals surface area contributed by atoms with Crippen molar-refractivity contribution in [2.24, 2.45) is 0 Å². The van der Waals surface area contributed by atoms with Gasteiger partial charge in [0.15, 0.2) is 0 Å². The maximum absolute atomic E-state index is 5.19. The van der Waals surface area contributed by atoms with Crippen molar-refractivity contribution in [3.8, 4) is 0 Å². The molecule has 0 saturated heterocycles. The molecule has 0 rings (SSSR count). The van der Waals surface area contributed by atoms with Crippen molar-refractivity contribution in [2.45, 2.75) is 39.7 Å². The molecule has 0 aliphatic heterocycles. The van der Waals surface area contributed by atoms with Gasteiger partial charge in [0.05, 0.1) is 6.61 Å². The third kappa shape index (κ3) is 7.53. The van der Waals surface area contributed by atoms with E-state index in [9.17, 15) is 0 Å². The molecule has 0 radical (unpaired) electrons. The fourth-order valence-electron chi connectivity index (χ4n) is 2.05. The molecule has 3 nitrogen and oxygen atoms in total. The van der Waals surface area contributed by atoms with Gasteiger partial charge in [-0.15, -0.1) is 0 Å². The first-order chi connectivity index (χ1) is 8.19. The van der Waals surface area contributed by atoms with E-state index in [2.05, 4.69) is 37.6 Å². The van der Waals surface area contributed by atoms with E-state index in [1.807, 2.05) is 0 Å². The summed E-state index contributed by atoms with van der Waals surface area (Å²) in [5, 5.41) is 3.33. The van der Waals surface area contributed by atoms with Crippen molar-refractivity contribution in [1.29, 1.82) is 0 Å². The largest absolute Gasteiger partial charge is 0.383 e. The van der Waals surface area contributed by atoms with Gasteiger partial charge in [-0.2, -0.15) is 0 Å². The number of nitrogens with one attached hydrogen (secondary N) is 1. The molecule has 0 bridgehead atoms. The first kappa shape index (κ1) is 16.6. The van der Waals surface area contributed by atoms with Crippen LogP contribution >= 0.6 is 0 Å². The van der Waals surface area contributed by atoms with Crippen molar-refractivity contribution in [2.75, 3.05) is 39.9 Å². The van der Waals surface area contributed by atoms with Gasteiger partial charge in [0.25, 0.3) is 0 Å². The molecule has 17 heavy (non-hydrogen) atoms. The Morgan fingerprint density at radius 3 is 2.41 bits per heavy atom. The third-order valence-corrected chi connectivity index (χ3v) is 3.09. The first-order valence-corrected chi connectivity index (χ1v) is 6.79. The highest BCUT2D eigenvalue weighted by molar-refractivity contribution is 5.00. The molecule has 1 N–H and O–H groups in total. The van der Waals surface area contributed by atoms with Crippen LogP contribution in [0.15, 0.2) is 12.2 Å². The summed E-state index contributed by atoms with van der Waals surface area (Å²) in [6.07, 6.45) is 2.38. The van der Waals surface area contributed by atoms with Crippen LogP contribution in [0.1, 0.15) is 33.6 Å². The average molecular weight is 242 g/mol. The van der Waals surface area contributed by atoms with E-state index >= 15 is 0 Å². The third-order valence-electron chi connectivity index (χ3n) is 3.09. The second-order valence-corrected chi connectivity index (χ2v) is 4.46. The van der Waals surface area contributed by atoms with Crippen LogP contribution < -0.4 is 5.32 Å². The Hall–Kier alpha value is -0.380. The van der Waals surface area contributed by atoms with Crippen molar-refractivity contribution in [3.05, 3.63) is 12.2 Å². The van der Waals surface area contributed by atoms with Gasteiger partial charge in [0.2, 0.25) is 0 Å². The highest BCUT2D eigenvalue weighted by Gasteiger charge is 2.15. The number of rotatable bonds is 11. The second kappa shape index (κ2) is 10.8. The fourth-order valence-corrected chi connectivity index (χ4v) is 2.05. The molecular formula is C14H30N2O. The molecule has 0 aromatic rings. The zero-order chi connectivity index (χ0) is 13.1. The van der Waals surface area contributed by atoms with E-state index in [1.54, 1.807) is 7.11 Å². The maximum atomic E-state index is 5.19. The van der Waals surface area contributed by atoms with Crippen molar-refractivity contribution in [1.82, 2.24) is 10.2 Å². The summed E-state index contributed by atoms with van der Waals surface area (Å²) in [6.45, 7) is 15.5. The molecular weight excluding hydrogens is 212 g/mol. The zero-order valence-corrected chi connectivity index (χ0v) is 12.1. The quantitative estimate of drug-likeness (QED) is 0.563. The van der Waals surface area contributed by atoms with Gasteiger partial charge in [-0.05, 0) is 25.0 Å². The summed E-state index contributed by atoms with van der Waals surface area (Å²) in [6, 6.07) is 0.642. The standard InChI is InChI=1S/C14H30N2O/c1-6-14(7-2)16(9-10-17-5)12-13(4)11-15-8-3/h14-15H,4,6-12H2,1-3,5H3. The van der Waals surface area contributed by atoms with Gasteiger partial charge in [-0.1, -0.05) is 27.4 Å². The molecule has 0 saturated carbocycles. The maximum Gasteiger partial charge on any atom is 0.0589 e. The van der Waals surface area contributed by atoms with Gasteiger partial charge in [0.1, 0.15) is 0 Å². The summed E-state index contributed by atoms with van der Waals surface area (Å²) in [5.41, 5.74) is 1.26. The number of hydrogen-bond donors (Lipinski definition) is 1. The lowest BCUT2D eigenvalue weighted by atomic mass is 10.1. The number of likely N-dealkylation sites (N-methyl/N-ethyl adjacent to an activating group) is 1. The molecule has 0 aliphatic rings. The fraction of sp³-hybridized carbons (Fsp3) is 0.857. The molecule has 0 aliphatic carbocycles. The smallest absolute Gasteiger partial charge is 0.0589 e. The molecule has 0 atom stereocenters. The lowest BCUT2D eigenvalue weighted by Gasteiger charge is -2.31. The van der Waals surface area contributed by atoms with Crippen LogP contribution in [-0.2, 0) is 4.74 Å². The van der Waals surface area contributed by atoms with Crippen LogP contribution in [0.2, 0.25) is 0 Å². The molecule has 0 aromatic heterocycles. The lowest BCUT2D eigenvalue weighted by Crippen LogP contribution is -2.39. The molecule has 0 heterocycles. The summed E-state index contributed by atoms with van der Waals surface area (Å²) < 4.78 is 5.19. The van der Waals surface area contributed by atoms with Gasteiger partial charge >= 0.3 is 0 Å². The topological polar surface area (TPSA) is 24.5 Å². The molecule has 0 unspecified atom stereocenters. The van der Waals surface area contributed by atoms with Crippen LogP contribution in [0.5, 0.6) is 0 Å². The molecule has 0 amide bonds. The summed E-state index contributed by atoms with van der Waals surface area (Å²) >= 11 is 0. The Morgan fingerprint density at radius 1 is 1.29 bits per heavy atom. The first-order valence-electron chi connectivity index (χ1n) is 6.79. The van der Waals surface area contributed by atoms with Crippen LogP contribution in [0.3, 0.4) is 0 Å². The Bertz CT molecular complexity index is 191. The van der Waals surface area contributed by atoms with Gasteiger partial charge in [-0.3, -0.25) is 4.90 Å². The second-order valence-electron chi connectivity index (χ2n) is 4.46. The molecule has 102 valence electrons. The monoisotopic (exact) mass is 242 g/mol. The summed E-state index contributed by atoms with van der Waals surface area (Å²) in [5.74, 6) is 0. The van der Waals surface area contributed by atoms with Crippen LogP contribution in [-0.4, -0.2) is 50.8 Å². The normalized spacial score (nSPS) is 11.4. The Kier molecular flexibility index (Phi) is 10.5. The number of nitrogens with zero attached hydrogens (tertiary/aromatic N) is 1. The Labute approximate surface area is 107 Å². The van der Waals surface area contributed by atoms with Crippen LogP contribution in [0.25, 0.3) is 0 Å². The van der Waals surface area contributed by atoms with E-state index in [4.69, 9.17) is 4.74 Å². The lowest BCUT2D eigenvalue weighted by molar-refractivity contribution is 0.122. The van der Waals surface area contributed by atoms with Crippen molar-refractivity contribution < 1.29 is 4.74 Å². The molecule has 3 heteroatoms. The van der Waals surface area contributed by atoms with E-state index in [-0.39, 0.29) is 0 Å². The number of ether oxygens (including phenoxy) is 1. The van der Waals surface area contributed by atoms with Gasteiger partial charge < -0.3 is 10.1 Å². The molecule has 0 spiro atoms. The zero-order valence-electron chi connectivity index (χ0n) is 12.1. The predicted octanol–water partition coefficient (Wildman–Crippen LogP) is 2.29. The Balaban J connectivity index is 4.20. The van der Waals surface area contributed by atoms with Crippen molar-refractivity contribution >= 4 is 0 Å². The minimum atomic E-state index is 0.642. The summed E-state index contributed by atoms with van der Waals surface area (Å²) in [7, 11) is 1.76. The number of methoxy groups -OCH3 is 1. The van der Waals surface area contributed by atoms with E-state index in [0.717, 1.165) is 32.8 Å². The highest BCUT2D eigenvalue weighted by Crippen LogP contribution is 2.10. The van der Waals surface area contributed by atoms with Crippen LogP contribution in [0, 0.1) is 0 Å². The number of hydrogen-bond acceptors (Lipinski definition) is 3. The molecule has 0 fully saturated rings. The minimum absolute atomic E-state index is 0.642. The van der Waals surface area contributed by atoms with E-state index in [0.29, 0.717) is 6.04 Å². The average Bonchev–Trinajstić information content (AvgIpc) is 2.34. The minimum Gasteiger partial charge on any atom is -0.383 e. The van der Waals surface area contributed by atoms with Crippen molar-refractivity contribution in [3.63, 3.8) is 0 Å². The Morgan fingerprint density at radius 2 is 1.94 bits per heavy atom. The van der Waals surface area contributed by atoms with Crippen LogP contribution in [0.4, 0.5) is 0 Å². The van der Waals surface area contributed by atoms with Gasteiger partial charge in [-0.25, -0.2) is 0 Å². The van der Waals surface area contributed by atoms with E-state index in [1.165, 1.54) is 18.4 Å². The van der Waals surface area contributed by atoms with Gasteiger partial charge in [0, 0.05) is 32.8 Å². The van der Waals surface area contributed by atoms with E-state index < -0.39 is 0 Å². The highest BCUT2D eigenvalue weighted by atomic mass is 16.5.